The molecule has 2 aromatic rings. The zero-order valence-corrected chi connectivity index (χ0v) is 19.5. The van der Waals surface area contributed by atoms with E-state index in [1.807, 2.05) is 0 Å². The standard InChI is InChI=1S/C21H27N5O8S/c27-9-16-12(29)6-17(34-16)26-8-15-19(25-21(26)31)24-18-13(2-1-3-14(18)33-15)32-5-4-22-20(30)23-7-11(28)10-35/h1-3,8,11-12,16-17,27-29,35H,4-7,9-10H2,(H2,22,23,30)(H,24,25,31)/t11-,12+,16-,17-/m1/s1. The third kappa shape index (κ3) is 5.79. The summed E-state index contributed by atoms with van der Waals surface area (Å²) in [6, 6.07) is 4.70. The normalized spacial score (nSPS) is 21.2. The van der Waals surface area contributed by atoms with Gasteiger partial charge in [-0.25, -0.2) is 9.59 Å². The molecule has 13 nitrogen and oxygen atoms in total. The predicted molar refractivity (Wildman–Crippen MR) is 127 cm³/mol. The first kappa shape index (κ1) is 25.1. The Morgan fingerprint density at radius 2 is 2.20 bits per heavy atom. The van der Waals surface area contributed by atoms with E-state index in [0.29, 0.717) is 17.2 Å². The van der Waals surface area contributed by atoms with E-state index >= 15 is 0 Å². The van der Waals surface area contributed by atoms with Crippen molar-refractivity contribution in [2.45, 2.75) is 31.0 Å². The SMILES string of the molecule is O=C(NCCOc1cccc2c1Nc1nc(=O)n([C@H]3C[C@H](O)[C@@H](CO)O3)cc1O2)NC[C@@H](O)CS. The van der Waals surface area contributed by atoms with E-state index in [1.165, 1.54) is 10.8 Å². The van der Waals surface area contributed by atoms with E-state index in [9.17, 15) is 24.9 Å². The largest absolute Gasteiger partial charge is 0.489 e. The number of hydrogen-bond donors (Lipinski definition) is 7. The molecular formula is C21H27N5O8S. The number of aliphatic hydroxyl groups is 3. The molecule has 0 spiro atoms. The van der Waals surface area contributed by atoms with Gasteiger partial charge in [0.15, 0.2) is 17.3 Å². The van der Waals surface area contributed by atoms with Crippen molar-refractivity contribution in [3.05, 3.63) is 34.9 Å². The summed E-state index contributed by atoms with van der Waals surface area (Å²) in [6.45, 7) is 0.0798. The van der Waals surface area contributed by atoms with Crippen molar-refractivity contribution in [2.24, 2.45) is 0 Å². The highest BCUT2D eigenvalue weighted by Gasteiger charge is 2.36. The second-order valence-electron chi connectivity index (χ2n) is 7.94. The molecule has 1 fully saturated rings. The van der Waals surface area contributed by atoms with Gasteiger partial charge < -0.3 is 45.5 Å². The molecule has 0 radical (unpaired) electrons. The van der Waals surface area contributed by atoms with E-state index in [0.717, 1.165) is 0 Å². The van der Waals surface area contributed by atoms with Crippen LogP contribution in [0, 0.1) is 0 Å². The summed E-state index contributed by atoms with van der Waals surface area (Å²) in [6.07, 6.45) is -1.60. The Kier molecular flexibility index (Phi) is 7.97. The molecule has 0 aliphatic carbocycles. The highest BCUT2D eigenvalue weighted by atomic mass is 32.1. The average molecular weight is 510 g/mol. The van der Waals surface area contributed by atoms with Gasteiger partial charge in [0.05, 0.1) is 31.6 Å². The van der Waals surface area contributed by atoms with Gasteiger partial charge in [-0.3, -0.25) is 4.57 Å². The number of hydrogen-bond acceptors (Lipinski definition) is 11. The van der Waals surface area contributed by atoms with E-state index < -0.39 is 36.3 Å². The molecule has 2 aliphatic rings. The number of aliphatic hydroxyl groups excluding tert-OH is 3. The molecule has 1 saturated heterocycles. The molecule has 190 valence electrons. The number of fused-ring (bicyclic) bond motifs is 2. The molecule has 4 atom stereocenters. The van der Waals surface area contributed by atoms with Crippen molar-refractivity contribution in [2.75, 3.05) is 37.4 Å². The van der Waals surface area contributed by atoms with Crippen LogP contribution in [-0.4, -0.2) is 81.3 Å². The van der Waals surface area contributed by atoms with Gasteiger partial charge in [-0.15, -0.1) is 0 Å². The van der Waals surface area contributed by atoms with Crippen LogP contribution in [0.15, 0.2) is 29.2 Å². The molecule has 0 unspecified atom stereocenters. The van der Waals surface area contributed by atoms with Crippen LogP contribution >= 0.6 is 12.6 Å². The van der Waals surface area contributed by atoms with E-state index in [1.54, 1.807) is 18.2 Å². The number of rotatable bonds is 9. The summed E-state index contributed by atoms with van der Waals surface area (Å²) in [5.74, 6) is 1.58. The first-order chi connectivity index (χ1) is 16.9. The molecule has 6 N–H and O–H groups in total. The van der Waals surface area contributed by atoms with Crippen LogP contribution in [0.5, 0.6) is 17.2 Å². The number of carbonyl (C=O) groups is 1. The maximum atomic E-state index is 12.6. The van der Waals surface area contributed by atoms with Gasteiger partial charge in [-0.05, 0) is 12.1 Å². The van der Waals surface area contributed by atoms with Gasteiger partial charge >= 0.3 is 11.7 Å². The van der Waals surface area contributed by atoms with Gasteiger partial charge in [0, 0.05) is 18.7 Å². The van der Waals surface area contributed by atoms with Gasteiger partial charge in [-0.1, -0.05) is 6.07 Å². The number of para-hydroxylation sites is 1. The maximum absolute atomic E-state index is 12.6. The second kappa shape index (κ2) is 11.1. The first-order valence-corrected chi connectivity index (χ1v) is 11.6. The minimum absolute atomic E-state index is 0.0905. The number of aromatic nitrogens is 2. The van der Waals surface area contributed by atoms with E-state index in [-0.39, 0.29) is 50.0 Å². The molecule has 3 heterocycles. The second-order valence-corrected chi connectivity index (χ2v) is 8.30. The number of amides is 2. The lowest BCUT2D eigenvalue weighted by atomic mass is 10.2. The Balaban J connectivity index is 1.38. The maximum Gasteiger partial charge on any atom is 0.351 e. The molecule has 2 amide bonds. The summed E-state index contributed by atoms with van der Waals surface area (Å²) in [5, 5.41) is 36.9. The highest BCUT2D eigenvalue weighted by Crippen LogP contribution is 2.45. The van der Waals surface area contributed by atoms with Crippen LogP contribution in [0.4, 0.5) is 16.3 Å². The van der Waals surface area contributed by atoms with Gasteiger partial charge in [-0.2, -0.15) is 17.6 Å². The molecule has 0 saturated carbocycles. The Labute approximate surface area is 205 Å². The van der Waals surface area contributed by atoms with Crippen LogP contribution in [0.2, 0.25) is 0 Å². The van der Waals surface area contributed by atoms with Crippen molar-refractivity contribution >= 4 is 30.2 Å². The van der Waals surface area contributed by atoms with Crippen molar-refractivity contribution in [3.63, 3.8) is 0 Å². The fraction of sp³-hybridized carbons (Fsp3) is 0.476. The number of thiol groups is 1. The van der Waals surface area contributed by atoms with Crippen molar-refractivity contribution < 1.29 is 34.3 Å². The van der Waals surface area contributed by atoms with Crippen LogP contribution in [0.3, 0.4) is 0 Å². The summed E-state index contributed by atoms with van der Waals surface area (Å²) < 4.78 is 18.4. The molecule has 1 aromatic heterocycles. The molecule has 4 rings (SSSR count). The number of urea groups is 1. The van der Waals surface area contributed by atoms with Crippen LogP contribution in [0.25, 0.3) is 0 Å². The average Bonchev–Trinajstić information content (AvgIpc) is 3.23. The number of nitrogens with zero attached hydrogens (tertiary/aromatic N) is 2. The minimum Gasteiger partial charge on any atom is -0.489 e. The Hall–Kier alpha value is -3.04. The number of benzene rings is 1. The summed E-state index contributed by atoms with van der Waals surface area (Å²) in [7, 11) is 0. The number of anilines is 2. The Bertz CT molecular complexity index is 1120. The van der Waals surface area contributed by atoms with Gasteiger partial charge in [0.2, 0.25) is 0 Å². The molecule has 0 bridgehead atoms. The number of nitrogens with one attached hydrogen (secondary N) is 3. The van der Waals surface area contributed by atoms with Crippen molar-refractivity contribution in [1.82, 2.24) is 20.2 Å². The smallest absolute Gasteiger partial charge is 0.351 e. The zero-order chi connectivity index (χ0) is 24.9. The third-order valence-electron chi connectivity index (χ3n) is 5.42. The molecule has 1 aromatic carbocycles. The minimum atomic E-state index is -0.896. The first-order valence-electron chi connectivity index (χ1n) is 11.0. The summed E-state index contributed by atoms with van der Waals surface area (Å²) >= 11 is 3.94. The van der Waals surface area contributed by atoms with Gasteiger partial charge in [0.1, 0.15) is 30.4 Å². The summed E-state index contributed by atoms with van der Waals surface area (Å²) in [4.78, 5) is 28.4. The predicted octanol–water partition coefficient (Wildman–Crippen LogP) is -0.298. The lowest BCUT2D eigenvalue weighted by molar-refractivity contribution is -0.0459. The number of carbonyl (C=O) groups excluding carboxylic acids is 1. The van der Waals surface area contributed by atoms with Crippen LogP contribution in [0.1, 0.15) is 12.6 Å². The lowest BCUT2D eigenvalue weighted by Crippen LogP contribution is -2.41. The Morgan fingerprint density at radius 3 is 2.94 bits per heavy atom. The fourth-order valence-corrected chi connectivity index (χ4v) is 3.74. The Morgan fingerprint density at radius 1 is 1.37 bits per heavy atom. The van der Waals surface area contributed by atoms with Gasteiger partial charge in [0.25, 0.3) is 0 Å². The molecule has 35 heavy (non-hydrogen) atoms. The molecule has 14 heteroatoms. The van der Waals surface area contributed by atoms with Crippen molar-refractivity contribution in [3.8, 4) is 17.2 Å². The zero-order valence-electron chi connectivity index (χ0n) is 18.6. The quantitative estimate of drug-likeness (QED) is 0.150. The number of ether oxygens (including phenoxy) is 3. The van der Waals surface area contributed by atoms with Crippen LogP contribution < -0.4 is 31.1 Å². The monoisotopic (exact) mass is 509 g/mol. The third-order valence-corrected chi connectivity index (χ3v) is 5.84. The van der Waals surface area contributed by atoms with E-state index in [4.69, 9.17) is 14.2 Å². The van der Waals surface area contributed by atoms with Crippen molar-refractivity contribution in [1.29, 1.82) is 0 Å². The fourth-order valence-electron chi connectivity index (χ4n) is 3.61. The lowest BCUT2D eigenvalue weighted by Gasteiger charge is -2.24. The summed E-state index contributed by atoms with van der Waals surface area (Å²) in [5.41, 5.74) is -0.144. The molecule has 2 aliphatic heterocycles. The topological polar surface area (TPSA) is 176 Å². The molecular weight excluding hydrogens is 482 g/mol. The highest BCUT2D eigenvalue weighted by molar-refractivity contribution is 7.80. The van der Waals surface area contributed by atoms with E-state index in [2.05, 4.69) is 33.6 Å². The van der Waals surface area contributed by atoms with Crippen LogP contribution in [-0.2, 0) is 4.74 Å².